The van der Waals surface area contributed by atoms with E-state index in [2.05, 4.69) is 42.0 Å². The van der Waals surface area contributed by atoms with E-state index in [4.69, 9.17) is 9.15 Å². The van der Waals surface area contributed by atoms with Crippen LogP contribution in [0, 0.1) is 12.8 Å². The van der Waals surface area contributed by atoms with E-state index in [1.807, 2.05) is 24.3 Å². The van der Waals surface area contributed by atoms with Crippen molar-refractivity contribution in [2.45, 2.75) is 33.9 Å². The summed E-state index contributed by atoms with van der Waals surface area (Å²) in [7, 11) is 0. The molecule has 0 atom stereocenters. The molecule has 0 saturated carbocycles. The van der Waals surface area contributed by atoms with Gasteiger partial charge in [0.1, 0.15) is 18.1 Å². The van der Waals surface area contributed by atoms with E-state index in [1.165, 1.54) is 5.56 Å². The minimum Gasteiger partial charge on any atom is -0.484 e. The van der Waals surface area contributed by atoms with Crippen LogP contribution in [0.4, 0.5) is 0 Å². The molecule has 4 heteroatoms. The van der Waals surface area contributed by atoms with Gasteiger partial charge < -0.3 is 14.5 Å². The summed E-state index contributed by atoms with van der Waals surface area (Å²) < 4.78 is 12.3. The highest BCUT2D eigenvalue weighted by atomic mass is 79.9. The van der Waals surface area contributed by atoms with E-state index >= 15 is 0 Å². The number of hydrogen-bond acceptors (Lipinski definition) is 3. The number of ether oxygens (including phenoxy) is 1. The molecule has 0 aliphatic rings. The van der Waals surface area contributed by atoms with Gasteiger partial charge in [0, 0.05) is 12.1 Å². The Labute approximate surface area is 134 Å². The quantitative estimate of drug-likeness (QED) is 0.786. The minimum atomic E-state index is 0.438. The van der Waals surface area contributed by atoms with Crippen LogP contribution in [0.5, 0.6) is 5.75 Å². The molecule has 0 aliphatic heterocycles. The van der Waals surface area contributed by atoms with Gasteiger partial charge in [0.05, 0.1) is 10.7 Å². The first-order valence-corrected chi connectivity index (χ1v) is 8.00. The van der Waals surface area contributed by atoms with Gasteiger partial charge in [-0.05, 0) is 59.1 Å². The predicted molar refractivity (Wildman–Crippen MR) is 88.5 cm³/mol. The molecule has 0 aliphatic carbocycles. The van der Waals surface area contributed by atoms with Gasteiger partial charge in [0.25, 0.3) is 0 Å². The highest BCUT2D eigenvalue weighted by Crippen LogP contribution is 2.27. The van der Waals surface area contributed by atoms with Crippen LogP contribution in [-0.4, -0.2) is 6.54 Å². The highest BCUT2D eigenvalue weighted by molar-refractivity contribution is 9.10. The summed E-state index contributed by atoms with van der Waals surface area (Å²) in [6.45, 7) is 8.69. The Balaban J connectivity index is 1.92. The molecular formula is C17H22BrNO2. The van der Waals surface area contributed by atoms with Crippen LogP contribution in [0.1, 0.15) is 30.7 Å². The predicted octanol–water partition coefficient (Wildman–Crippen LogP) is 4.68. The van der Waals surface area contributed by atoms with Crippen molar-refractivity contribution in [2.75, 3.05) is 6.54 Å². The molecule has 1 aromatic heterocycles. The molecule has 0 unspecified atom stereocenters. The summed E-state index contributed by atoms with van der Waals surface area (Å²) in [4.78, 5) is 0. The van der Waals surface area contributed by atoms with Crippen molar-refractivity contribution < 1.29 is 9.15 Å². The SMILES string of the molecule is Cc1ccc(OCc2occc2CNCC(C)C)c(Br)c1. The molecule has 1 N–H and O–H groups in total. The Morgan fingerprint density at radius 2 is 2.10 bits per heavy atom. The number of nitrogens with one attached hydrogen (secondary N) is 1. The Morgan fingerprint density at radius 1 is 1.29 bits per heavy atom. The fourth-order valence-corrected chi connectivity index (χ4v) is 2.62. The fourth-order valence-electron chi connectivity index (χ4n) is 2.01. The van der Waals surface area contributed by atoms with Crippen molar-refractivity contribution in [1.82, 2.24) is 5.32 Å². The second-order valence-electron chi connectivity index (χ2n) is 5.62. The van der Waals surface area contributed by atoms with E-state index in [0.29, 0.717) is 12.5 Å². The molecule has 1 aromatic carbocycles. The van der Waals surface area contributed by atoms with Gasteiger partial charge in [-0.15, -0.1) is 0 Å². The largest absolute Gasteiger partial charge is 0.484 e. The monoisotopic (exact) mass is 351 g/mol. The molecular weight excluding hydrogens is 330 g/mol. The zero-order chi connectivity index (χ0) is 15.2. The topological polar surface area (TPSA) is 34.4 Å². The molecule has 0 spiro atoms. The zero-order valence-corrected chi connectivity index (χ0v) is 14.4. The summed E-state index contributed by atoms with van der Waals surface area (Å²) in [6.07, 6.45) is 1.72. The normalized spacial score (nSPS) is 11.1. The van der Waals surface area contributed by atoms with Gasteiger partial charge in [0.15, 0.2) is 0 Å². The van der Waals surface area contributed by atoms with Crippen molar-refractivity contribution in [3.63, 3.8) is 0 Å². The lowest BCUT2D eigenvalue weighted by molar-refractivity contribution is 0.266. The number of halogens is 1. The van der Waals surface area contributed by atoms with Gasteiger partial charge in [-0.1, -0.05) is 19.9 Å². The molecule has 114 valence electrons. The van der Waals surface area contributed by atoms with Crippen LogP contribution in [-0.2, 0) is 13.2 Å². The standard InChI is InChI=1S/C17H22BrNO2/c1-12(2)9-19-10-14-6-7-20-17(14)11-21-16-5-4-13(3)8-15(16)18/h4-8,12,19H,9-11H2,1-3H3. The number of rotatable bonds is 7. The van der Waals surface area contributed by atoms with Gasteiger partial charge in [-0.3, -0.25) is 0 Å². The zero-order valence-electron chi connectivity index (χ0n) is 12.8. The molecule has 1 heterocycles. The molecule has 21 heavy (non-hydrogen) atoms. The molecule has 0 fully saturated rings. The van der Waals surface area contributed by atoms with E-state index in [-0.39, 0.29) is 0 Å². The number of aryl methyl sites for hydroxylation is 1. The van der Waals surface area contributed by atoms with Crippen LogP contribution in [0.15, 0.2) is 39.4 Å². The summed E-state index contributed by atoms with van der Waals surface area (Å²) in [5, 5.41) is 3.42. The maximum absolute atomic E-state index is 5.84. The average Bonchev–Trinajstić information content (AvgIpc) is 2.85. The second-order valence-corrected chi connectivity index (χ2v) is 6.47. The lowest BCUT2D eigenvalue weighted by atomic mass is 10.2. The maximum Gasteiger partial charge on any atom is 0.146 e. The lowest BCUT2D eigenvalue weighted by Crippen LogP contribution is -2.19. The van der Waals surface area contributed by atoms with Crippen LogP contribution in [0.25, 0.3) is 0 Å². The second kappa shape index (κ2) is 7.66. The smallest absolute Gasteiger partial charge is 0.146 e. The maximum atomic E-state index is 5.84. The van der Waals surface area contributed by atoms with Crippen molar-refractivity contribution in [3.05, 3.63) is 51.9 Å². The Hall–Kier alpha value is -1.26. The third kappa shape index (κ3) is 4.90. The van der Waals surface area contributed by atoms with E-state index < -0.39 is 0 Å². The van der Waals surface area contributed by atoms with E-state index in [9.17, 15) is 0 Å². The summed E-state index contributed by atoms with van der Waals surface area (Å²) in [6, 6.07) is 8.05. The van der Waals surface area contributed by atoms with Crippen LogP contribution in [0.3, 0.4) is 0 Å². The van der Waals surface area contributed by atoms with Crippen molar-refractivity contribution >= 4 is 15.9 Å². The third-order valence-corrected chi connectivity index (χ3v) is 3.77. The number of benzene rings is 1. The lowest BCUT2D eigenvalue weighted by Gasteiger charge is -2.10. The fraction of sp³-hybridized carbons (Fsp3) is 0.412. The van der Waals surface area contributed by atoms with Crippen LogP contribution < -0.4 is 10.1 Å². The number of furan rings is 1. The van der Waals surface area contributed by atoms with Crippen molar-refractivity contribution in [2.24, 2.45) is 5.92 Å². The van der Waals surface area contributed by atoms with Gasteiger partial charge in [0.2, 0.25) is 0 Å². The number of hydrogen-bond donors (Lipinski definition) is 1. The Bertz CT molecular complexity index is 578. The summed E-state index contributed by atoms with van der Waals surface area (Å²) >= 11 is 3.52. The van der Waals surface area contributed by atoms with Gasteiger partial charge in [-0.25, -0.2) is 0 Å². The van der Waals surface area contributed by atoms with Crippen molar-refractivity contribution in [1.29, 1.82) is 0 Å². The Kier molecular flexibility index (Phi) is 5.88. The minimum absolute atomic E-state index is 0.438. The van der Waals surface area contributed by atoms with Crippen LogP contribution >= 0.6 is 15.9 Å². The molecule has 2 rings (SSSR count). The first-order chi connectivity index (χ1) is 10.1. The molecule has 0 saturated heterocycles. The van der Waals surface area contributed by atoms with E-state index in [1.54, 1.807) is 6.26 Å². The molecule has 2 aromatic rings. The molecule has 3 nitrogen and oxygen atoms in total. The average molecular weight is 352 g/mol. The van der Waals surface area contributed by atoms with E-state index in [0.717, 1.165) is 34.6 Å². The van der Waals surface area contributed by atoms with Gasteiger partial charge >= 0.3 is 0 Å². The molecule has 0 bridgehead atoms. The summed E-state index contributed by atoms with van der Waals surface area (Å²) in [5.41, 5.74) is 2.35. The van der Waals surface area contributed by atoms with Gasteiger partial charge in [-0.2, -0.15) is 0 Å². The van der Waals surface area contributed by atoms with Crippen LogP contribution in [0.2, 0.25) is 0 Å². The molecule has 0 amide bonds. The first kappa shape index (κ1) is 16.1. The third-order valence-electron chi connectivity index (χ3n) is 3.15. The highest BCUT2D eigenvalue weighted by Gasteiger charge is 2.09. The molecule has 0 radical (unpaired) electrons. The summed E-state index contributed by atoms with van der Waals surface area (Å²) in [5.74, 6) is 2.34. The van der Waals surface area contributed by atoms with Crippen molar-refractivity contribution in [3.8, 4) is 5.75 Å². The Morgan fingerprint density at radius 3 is 2.81 bits per heavy atom. The first-order valence-electron chi connectivity index (χ1n) is 7.21.